The van der Waals surface area contributed by atoms with Gasteiger partial charge in [-0.1, -0.05) is 0 Å². The monoisotopic (exact) mass is 298 g/mol. The van der Waals surface area contributed by atoms with Crippen molar-refractivity contribution in [1.29, 1.82) is 0 Å². The number of pyridine rings is 2. The number of ether oxygens (including phenoxy) is 1. The predicted molar refractivity (Wildman–Crippen MR) is 66.2 cm³/mol. The lowest BCUT2D eigenvalue weighted by atomic mass is 10.2. The maximum atomic E-state index is 12.4. The molecule has 2 aromatic heterocycles. The number of hydrogen-bond acceptors (Lipinski definition) is 4. The van der Waals surface area contributed by atoms with Gasteiger partial charge in [0.15, 0.2) is 0 Å². The second-order valence-corrected chi connectivity index (χ2v) is 4.02. The van der Waals surface area contributed by atoms with E-state index in [2.05, 4.69) is 9.72 Å². The number of hydrogen-bond donors (Lipinski definition) is 0. The number of methoxy groups -OCH3 is 1. The van der Waals surface area contributed by atoms with Gasteiger partial charge in [-0.2, -0.15) is 13.2 Å². The van der Waals surface area contributed by atoms with Crippen LogP contribution in [0.1, 0.15) is 15.9 Å². The number of halogens is 3. The zero-order valence-corrected chi connectivity index (χ0v) is 10.7. The van der Waals surface area contributed by atoms with E-state index in [4.69, 9.17) is 0 Å². The van der Waals surface area contributed by atoms with Gasteiger partial charge in [0.1, 0.15) is 5.82 Å². The fraction of sp³-hybridized carbons (Fsp3) is 0.154. The van der Waals surface area contributed by atoms with Gasteiger partial charge < -0.3 is 4.74 Å². The molecule has 21 heavy (non-hydrogen) atoms. The lowest BCUT2D eigenvalue weighted by molar-refractivity contribution is -0.137. The molecule has 0 spiro atoms. The zero-order valence-electron chi connectivity index (χ0n) is 10.7. The van der Waals surface area contributed by atoms with E-state index in [-0.39, 0.29) is 11.4 Å². The summed E-state index contributed by atoms with van der Waals surface area (Å²) in [5, 5.41) is 0. The smallest absolute Gasteiger partial charge is 0.417 e. The highest BCUT2D eigenvalue weighted by Crippen LogP contribution is 2.28. The Morgan fingerprint density at radius 3 is 2.48 bits per heavy atom. The Kier molecular flexibility index (Phi) is 3.79. The Bertz CT molecular complexity index is 721. The van der Waals surface area contributed by atoms with E-state index in [1.165, 1.54) is 13.2 Å². The van der Waals surface area contributed by atoms with Crippen LogP contribution in [0.25, 0.3) is 5.82 Å². The molecule has 0 aliphatic heterocycles. The summed E-state index contributed by atoms with van der Waals surface area (Å²) in [4.78, 5) is 26.7. The second kappa shape index (κ2) is 5.39. The molecule has 2 heterocycles. The molecule has 0 unspecified atom stereocenters. The average Bonchev–Trinajstić information content (AvgIpc) is 2.46. The number of carbonyl (C=O) groups excluding carboxylic acids is 1. The molecule has 0 amide bonds. The zero-order chi connectivity index (χ0) is 15.6. The van der Waals surface area contributed by atoms with Crippen molar-refractivity contribution in [3.63, 3.8) is 0 Å². The van der Waals surface area contributed by atoms with E-state index in [9.17, 15) is 22.8 Å². The van der Waals surface area contributed by atoms with Gasteiger partial charge in [0.2, 0.25) is 0 Å². The molecule has 0 aliphatic rings. The predicted octanol–water partition coefficient (Wildman–Crippen LogP) is 2.04. The first kappa shape index (κ1) is 14.8. The van der Waals surface area contributed by atoms with E-state index in [0.717, 1.165) is 29.0 Å². The van der Waals surface area contributed by atoms with Gasteiger partial charge in [0.05, 0.1) is 18.2 Å². The summed E-state index contributed by atoms with van der Waals surface area (Å²) in [6.07, 6.45) is -2.74. The van der Waals surface area contributed by atoms with Gasteiger partial charge in [-0.25, -0.2) is 9.78 Å². The normalized spacial score (nSPS) is 11.2. The SMILES string of the molecule is COC(=O)c1ccc(=O)n(-c2ccc(C(F)(F)F)cn2)c1. The molecule has 0 saturated heterocycles. The van der Waals surface area contributed by atoms with Gasteiger partial charge in [0.25, 0.3) is 5.56 Å². The molecule has 0 radical (unpaired) electrons. The maximum absolute atomic E-state index is 12.4. The van der Waals surface area contributed by atoms with Crippen LogP contribution in [0, 0.1) is 0 Å². The standard InChI is InChI=1S/C13H9F3N2O3/c1-21-12(20)8-2-5-11(19)18(7-8)10-4-3-9(6-17-10)13(14,15)16/h2-7H,1H3. The first-order chi connectivity index (χ1) is 9.82. The van der Waals surface area contributed by atoms with Crippen LogP contribution in [0.3, 0.4) is 0 Å². The molecule has 8 heteroatoms. The van der Waals surface area contributed by atoms with Crippen LogP contribution < -0.4 is 5.56 Å². The van der Waals surface area contributed by atoms with Crippen molar-refractivity contribution in [3.8, 4) is 5.82 Å². The first-order valence-corrected chi connectivity index (χ1v) is 5.67. The summed E-state index contributed by atoms with van der Waals surface area (Å²) in [5.41, 5.74) is -1.38. The minimum atomic E-state index is -4.51. The number of carbonyl (C=O) groups is 1. The highest BCUT2D eigenvalue weighted by atomic mass is 19.4. The van der Waals surface area contributed by atoms with Crippen LogP contribution in [0.5, 0.6) is 0 Å². The van der Waals surface area contributed by atoms with Gasteiger partial charge in [0, 0.05) is 18.5 Å². The molecule has 2 rings (SSSR count). The number of aromatic nitrogens is 2. The topological polar surface area (TPSA) is 61.2 Å². The van der Waals surface area contributed by atoms with Crippen LogP contribution in [0.4, 0.5) is 13.2 Å². The highest BCUT2D eigenvalue weighted by molar-refractivity contribution is 5.88. The number of esters is 1. The summed E-state index contributed by atoms with van der Waals surface area (Å²) >= 11 is 0. The summed E-state index contributed by atoms with van der Waals surface area (Å²) < 4.78 is 42.8. The molecule has 0 atom stereocenters. The number of rotatable bonds is 2. The van der Waals surface area contributed by atoms with Crippen molar-refractivity contribution in [2.75, 3.05) is 7.11 Å². The summed E-state index contributed by atoms with van der Waals surface area (Å²) in [5.74, 6) is -0.700. The molecule has 0 aromatic carbocycles. The van der Waals surface area contributed by atoms with Crippen LogP contribution >= 0.6 is 0 Å². The summed E-state index contributed by atoms with van der Waals surface area (Å²) in [6, 6.07) is 4.21. The molecule has 5 nitrogen and oxygen atoms in total. The summed E-state index contributed by atoms with van der Waals surface area (Å²) in [7, 11) is 1.17. The van der Waals surface area contributed by atoms with Crippen molar-refractivity contribution in [2.45, 2.75) is 6.18 Å². The van der Waals surface area contributed by atoms with Crippen LogP contribution in [0.15, 0.2) is 41.5 Å². The lowest BCUT2D eigenvalue weighted by Gasteiger charge is -2.09. The molecule has 0 aliphatic carbocycles. The van der Waals surface area contributed by atoms with Crippen molar-refractivity contribution in [2.24, 2.45) is 0 Å². The van der Waals surface area contributed by atoms with Gasteiger partial charge >= 0.3 is 12.1 Å². The fourth-order valence-electron chi connectivity index (χ4n) is 1.60. The van der Waals surface area contributed by atoms with E-state index in [0.29, 0.717) is 6.20 Å². The molecule has 0 fully saturated rings. The minimum absolute atomic E-state index is 0.0289. The molecule has 0 N–H and O–H groups in total. The van der Waals surface area contributed by atoms with E-state index in [1.807, 2.05) is 0 Å². The highest BCUT2D eigenvalue weighted by Gasteiger charge is 2.30. The molecule has 110 valence electrons. The third-order valence-electron chi connectivity index (χ3n) is 2.65. The summed E-state index contributed by atoms with van der Waals surface area (Å²) in [6.45, 7) is 0. The minimum Gasteiger partial charge on any atom is -0.465 e. The van der Waals surface area contributed by atoms with Gasteiger partial charge in [-0.05, 0) is 18.2 Å². The molecular formula is C13H9F3N2O3. The van der Waals surface area contributed by atoms with E-state index < -0.39 is 23.3 Å². The van der Waals surface area contributed by atoms with Crippen molar-refractivity contribution in [1.82, 2.24) is 9.55 Å². The Balaban J connectivity index is 2.47. The maximum Gasteiger partial charge on any atom is 0.417 e. The number of nitrogens with zero attached hydrogens (tertiary/aromatic N) is 2. The van der Waals surface area contributed by atoms with Gasteiger partial charge in [-0.15, -0.1) is 0 Å². The van der Waals surface area contributed by atoms with E-state index in [1.54, 1.807) is 0 Å². The van der Waals surface area contributed by atoms with Crippen molar-refractivity contribution >= 4 is 5.97 Å². The Hall–Kier alpha value is -2.64. The van der Waals surface area contributed by atoms with Crippen LogP contribution in [-0.4, -0.2) is 22.6 Å². The van der Waals surface area contributed by atoms with Crippen molar-refractivity contribution in [3.05, 3.63) is 58.1 Å². The Morgan fingerprint density at radius 2 is 1.95 bits per heavy atom. The van der Waals surface area contributed by atoms with Gasteiger partial charge in [-0.3, -0.25) is 9.36 Å². The Morgan fingerprint density at radius 1 is 1.24 bits per heavy atom. The van der Waals surface area contributed by atoms with Crippen LogP contribution in [-0.2, 0) is 10.9 Å². The molecular weight excluding hydrogens is 289 g/mol. The van der Waals surface area contributed by atoms with Crippen LogP contribution in [0.2, 0.25) is 0 Å². The fourth-order valence-corrected chi connectivity index (χ4v) is 1.60. The second-order valence-electron chi connectivity index (χ2n) is 4.02. The molecule has 0 bridgehead atoms. The largest absolute Gasteiger partial charge is 0.465 e. The molecule has 0 saturated carbocycles. The first-order valence-electron chi connectivity index (χ1n) is 5.67. The third-order valence-corrected chi connectivity index (χ3v) is 2.65. The van der Waals surface area contributed by atoms with Crippen molar-refractivity contribution < 1.29 is 22.7 Å². The third kappa shape index (κ3) is 3.10. The lowest BCUT2D eigenvalue weighted by Crippen LogP contribution is -2.20. The quantitative estimate of drug-likeness (QED) is 0.796. The average molecular weight is 298 g/mol. The Labute approximate surface area is 116 Å². The number of alkyl halides is 3. The van der Waals surface area contributed by atoms with E-state index >= 15 is 0 Å². The molecule has 2 aromatic rings.